The number of aryl methyl sites for hydroxylation is 1. The molecule has 1 aromatic rings. The van der Waals surface area contributed by atoms with Crippen LogP contribution >= 0.6 is 0 Å². The van der Waals surface area contributed by atoms with Crippen LogP contribution in [0.1, 0.15) is 45.6 Å². The zero-order valence-corrected chi connectivity index (χ0v) is 15.8. The average molecular weight is 352 g/mol. The predicted octanol–water partition coefficient (Wildman–Crippen LogP) is 3.90. The third kappa shape index (κ3) is 3.71. The lowest BCUT2D eigenvalue weighted by molar-refractivity contribution is 0.279. The van der Waals surface area contributed by atoms with Gasteiger partial charge in [-0.25, -0.2) is 8.42 Å². The molecule has 0 amide bonds. The Morgan fingerprint density at radius 1 is 1.25 bits per heavy atom. The Morgan fingerprint density at radius 2 is 2.04 bits per heavy atom. The molecular formula is C19H29NO3S. The topological polar surface area (TPSA) is 55.4 Å². The van der Waals surface area contributed by atoms with Gasteiger partial charge in [0.2, 0.25) is 0 Å². The van der Waals surface area contributed by atoms with Crippen molar-refractivity contribution >= 4 is 15.5 Å². The smallest absolute Gasteiger partial charge is 0.182 e. The molecule has 134 valence electrons. The summed E-state index contributed by atoms with van der Waals surface area (Å²) in [6.07, 6.45) is 3.98. The van der Waals surface area contributed by atoms with Crippen LogP contribution in [-0.4, -0.2) is 27.3 Å². The zero-order valence-electron chi connectivity index (χ0n) is 15.0. The van der Waals surface area contributed by atoms with Gasteiger partial charge in [0.15, 0.2) is 9.84 Å². The van der Waals surface area contributed by atoms with E-state index in [1.54, 1.807) is 0 Å². The quantitative estimate of drug-likeness (QED) is 0.834. The van der Waals surface area contributed by atoms with E-state index in [-0.39, 0.29) is 11.7 Å². The van der Waals surface area contributed by atoms with Crippen LogP contribution in [0.25, 0.3) is 0 Å². The van der Waals surface area contributed by atoms with Crippen molar-refractivity contribution in [1.82, 2.24) is 0 Å². The normalized spacial score (nSPS) is 26.7. The van der Waals surface area contributed by atoms with Crippen molar-refractivity contribution in [3.05, 3.63) is 17.7 Å². The van der Waals surface area contributed by atoms with Gasteiger partial charge in [-0.3, -0.25) is 0 Å². The second-order valence-corrected chi connectivity index (χ2v) is 9.76. The van der Waals surface area contributed by atoms with Crippen molar-refractivity contribution in [2.24, 2.45) is 17.8 Å². The Kier molecular flexibility index (Phi) is 5.09. The van der Waals surface area contributed by atoms with E-state index in [1.807, 2.05) is 19.1 Å². The summed E-state index contributed by atoms with van der Waals surface area (Å²) in [6, 6.07) is 3.78. The van der Waals surface area contributed by atoms with E-state index < -0.39 is 9.84 Å². The number of benzene rings is 1. The van der Waals surface area contributed by atoms with Crippen LogP contribution in [0.4, 0.5) is 5.69 Å². The molecule has 24 heavy (non-hydrogen) atoms. The van der Waals surface area contributed by atoms with Gasteiger partial charge in [0.25, 0.3) is 0 Å². The molecule has 0 radical (unpaired) electrons. The number of nitrogens with one attached hydrogen (secondary N) is 1. The van der Waals surface area contributed by atoms with E-state index in [4.69, 9.17) is 4.74 Å². The molecule has 2 unspecified atom stereocenters. The lowest BCUT2D eigenvalue weighted by Crippen LogP contribution is -2.24. The molecule has 0 bridgehead atoms. The van der Waals surface area contributed by atoms with Gasteiger partial charge in [-0.1, -0.05) is 20.8 Å². The highest BCUT2D eigenvalue weighted by atomic mass is 32.2. The number of rotatable bonds is 1. The molecule has 0 spiro atoms. The molecule has 1 N–H and O–H groups in total. The van der Waals surface area contributed by atoms with Crippen molar-refractivity contribution < 1.29 is 13.2 Å². The van der Waals surface area contributed by atoms with Gasteiger partial charge >= 0.3 is 0 Å². The Hall–Kier alpha value is -1.23. The van der Waals surface area contributed by atoms with Crippen molar-refractivity contribution in [3.8, 4) is 5.75 Å². The predicted molar refractivity (Wildman–Crippen MR) is 97.5 cm³/mol. The first-order valence-corrected chi connectivity index (χ1v) is 10.8. The Balaban J connectivity index is 1.97. The SMILES string of the molecule is CC1CCOc2cc3c(cc2S(=O)(=O)C1)CCCC(C(C)C)CN3. The van der Waals surface area contributed by atoms with Gasteiger partial charge in [0.05, 0.1) is 12.4 Å². The summed E-state index contributed by atoms with van der Waals surface area (Å²) in [7, 11) is -3.28. The molecule has 2 atom stereocenters. The summed E-state index contributed by atoms with van der Waals surface area (Å²) >= 11 is 0. The van der Waals surface area contributed by atoms with Gasteiger partial charge < -0.3 is 10.1 Å². The number of ether oxygens (including phenoxy) is 1. The Morgan fingerprint density at radius 3 is 2.79 bits per heavy atom. The molecule has 2 aliphatic heterocycles. The van der Waals surface area contributed by atoms with Gasteiger partial charge in [0, 0.05) is 18.3 Å². The third-order valence-corrected chi connectivity index (χ3v) is 7.39. The second-order valence-electron chi connectivity index (χ2n) is 7.76. The molecule has 3 rings (SSSR count). The standard InChI is InChI=1S/C19H29NO3S/c1-13(2)16-6-4-5-15-9-19-18(10-17(15)20-11-16)23-8-7-14(3)12-24(19,21)22/h9-10,13-14,16,20H,4-8,11-12H2,1-3H3. The van der Waals surface area contributed by atoms with Crippen molar-refractivity contribution in [2.45, 2.75) is 51.3 Å². The van der Waals surface area contributed by atoms with Gasteiger partial charge in [-0.05, 0) is 55.1 Å². The second kappa shape index (κ2) is 6.95. The van der Waals surface area contributed by atoms with E-state index >= 15 is 0 Å². The molecule has 2 aliphatic rings. The molecular weight excluding hydrogens is 322 g/mol. The van der Waals surface area contributed by atoms with E-state index in [0.717, 1.165) is 37.1 Å². The van der Waals surface area contributed by atoms with Crippen LogP contribution < -0.4 is 10.1 Å². The summed E-state index contributed by atoms with van der Waals surface area (Å²) in [5.41, 5.74) is 2.15. The minimum absolute atomic E-state index is 0.134. The minimum atomic E-state index is -3.28. The molecule has 0 saturated carbocycles. The Bertz CT molecular complexity index is 697. The molecule has 0 aromatic heterocycles. The lowest BCUT2D eigenvalue weighted by Gasteiger charge is -2.27. The van der Waals surface area contributed by atoms with Crippen LogP contribution in [0.15, 0.2) is 17.0 Å². The highest BCUT2D eigenvalue weighted by molar-refractivity contribution is 7.91. The summed E-state index contributed by atoms with van der Waals surface area (Å²) in [4.78, 5) is 0.385. The first-order valence-electron chi connectivity index (χ1n) is 9.13. The van der Waals surface area contributed by atoms with Crippen LogP contribution in [0.2, 0.25) is 0 Å². The first kappa shape index (κ1) is 17.6. The van der Waals surface area contributed by atoms with Crippen LogP contribution in [0.5, 0.6) is 5.75 Å². The van der Waals surface area contributed by atoms with Crippen molar-refractivity contribution in [2.75, 3.05) is 24.2 Å². The fourth-order valence-corrected chi connectivity index (χ4v) is 5.56. The van der Waals surface area contributed by atoms with E-state index in [9.17, 15) is 8.42 Å². The summed E-state index contributed by atoms with van der Waals surface area (Å²) in [5.74, 6) is 2.18. The van der Waals surface area contributed by atoms with Crippen LogP contribution in [-0.2, 0) is 16.3 Å². The van der Waals surface area contributed by atoms with Crippen LogP contribution in [0, 0.1) is 17.8 Å². The van der Waals surface area contributed by atoms with E-state index in [2.05, 4.69) is 19.2 Å². The van der Waals surface area contributed by atoms with Gasteiger partial charge in [-0.2, -0.15) is 0 Å². The molecule has 4 nitrogen and oxygen atoms in total. The number of anilines is 1. The Labute approximate surface area is 145 Å². The maximum atomic E-state index is 12.7. The average Bonchev–Trinajstić information content (AvgIpc) is 2.46. The minimum Gasteiger partial charge on any atom is -0.492 e. The molecule has 0 aliphatic carbocycles. The van der Waals surface area contributed by atoms with E-state index in [0.29, 0.717) is 29.1 Å². The fourth-order valence-electron chi connectivity index (χ4n) is 3.71. The number of hydrogen-bond donors (Lipinski definition) is 1. The summed E-state index contributed by atoms with van der Waals surface area (Å²) in [6.45, 7) is 8.04. The van der Waals surface area contributed by atoms with E-state index in [1.165, 1.54) is 6.42 Å². The molecule has 0 saturated heterocycles. The largest absolute Gasteiger partial charge is 0.492 e. The number of sulfone groups is 1. The third-order valence-electron chi connectivity index (χ3n) is 5.40. The maximum absolute atomic E-state index is 12.7. The summed E-state index contributed by atoms with van der Waals surface area (Å²) < 4.78 is 31.3. The van der Waals surface area contributed by atoms with Crippen LogP contribution in [0.3, 0.4) is 0 Å². The maximum Gasteiger partial charge on any atom is 0.182 e. The monoisotopic (exact) mass is 351 g/mol. The molecule has 5 heteroatoms. The lowest BCUT2D eigenvalue weighted by atomic mass is 9.88. The molecule has 1 aromatic carbocycles. The first-order chi connectivity index (χ1) is 11.4. The van der Waals surface area contributed by atoms with Gasteiger partial charge in [0.1, 0.15) is 10.6 Å². The van der Waals surface area contributed by atoms with Gasteiger partial charge in [-0.15, -0.1) is 0 Å². The highest BCUT2D eigenvalue weighted by Gasteiger charge is 2.27. The highest BCUT2D eigenvalue weighted by Crippen LogP contribution is 2.36. The van der Waals surface area contributed by atoms with Crippen molar-refractivity contribution in [3.63, 3.8) is 0 Å². The zero-order chi connectivity index (χ0) is 17.3. The number of hydrogen-bond acceptors (Lipinski definition) is 4. The number of fused-ring (bicyclic) bond motifs is 2. The summed E-state index contributed by atoms with van der Waals surface area (Å²) in [5, 5.41) is 3.54. The molecule has 0 fully saturated rings. The molecule has 2 heterocycles. The fraction of sp³-hybridized carbons (Fsp3) is 0.684. The van der Waals surface area contributed by atoms with Crippen molar-refractivity contribution in [1.29, 1.82) is 0 Å².